The Labute approximate surface area is 164 Å². The van der Waals surface area contributed by atoms with Gasteiger partial charge in [-0.2, -0.15) is 0 Å². The second kappa shape index (κ2) is 5.78. The van der Waals surface area contributed by atoms with E-state index in [1.54, 1.807) is 7.11 Å². The second-order valence-electron chi connectivity index (χ2n) is 10.3. The van der Waals surface area contributed by atoms with E-state index in [1.165, 1.54) is 0 Å². The van der Waals surface area contributed by atoms with Gasteiger partial charge in [-0.05, 0) is 36.5 Å². The summed E-state index contributed by atoms with van der Waals surface area (Å²) in [5, 5.41) is 21.5. The fraction of sp³-hybridized carbons (Fsp3) is 0.905. The molecule has 7 heteroatoms. The Balaban J connectivity index is 1.66. The van der Waals surface area contributed by atoms with Gasteiger partial charge >= 0.3 is 5.97 Å². The summed E-state index contributed by atoms with van der Waals surface area (Å²) in [6, 6.07) is 0. The molecule has 0 aromatic heterocycles. The van der Waals surface area contributed by atoms with Crippen molar-refractivity contribution >= 4 is 11.8 Å². The van der Waals surface area contributed by atoms with Crippen molar-refractivity contribution in [2.24, 2.45) is 39.9 Å². The Bertz CT molecular complexity index is 720. The lowest BCUT2D eigenvalue weighted by Gasteiger charge is -2.62. The van der Waals surface area contributed by atoms with E-state index in [2.05, 4.69) is 0 Å². The highest BCUT2D eigenvalue weighted by Crippen LogP contribution is 2.71. The van der Waals surface area contributed by atoms with Crippen LogP contribution < -0.4 is 0 Å². The lowest BCUT2D eigenvalue weighted by molar-refractivity contribution is -0.253. The van der Waals surface area contributed by atoms with Crippen LogP contribution in [0.5, 0.6) is 0 Å². The molecule has 2 saturated heterocycles. The highest BCUT2D eigenvalue weighted by molar-refractivity contribution is 6.08. The van der Waals surface area contributed by atoms with Gasteiger partial charge < -0.3 is 24.4 Å². The number of aliphatic hydroxyl groups excluding tert-OH is 2. The maximum Gasteiger partial charge on any atom is 0.320 e. The molecule has 5 rings (SSSR count). The fourth-order valence-corrected chi connectivity index (χ4v) is 7.79. The number of methoxy groups -OCH3 is 1. The predicted octanol–water partition coefficient (Wildman–Crippen LogP) is 0.902. The molecule has 2 heterocycles. The number of esters is 1. The van der Waals surface area contributed by atoms with E-state index in [4.69, 9.17) is 14.2 Å². The molecule has 156 valence electrons. The normalized spacial score (nSPS) is 54.0. The molecule has 3 saturated carbocycles. The molecule has 0 unspecified atom stereocenters. The van der Waals surface area contributed by atoms with Crippen molar-refractivity contribution < 1.29 is 34.0 Å². The largest absolute Gasteiger partial charge is 0.461 e. The third-order valence-corrected chi connectivity index (χ3v) is 9.02. The molecule has 3 aliphatic carbocycles. The van der Waals surface area contributed by atoms with Crippen molar-refractivity contribution in [1.29, 1.82) is 0 Å². The van der Waals surface area contributed by atoms with Crippen LogP contribution in [0.2, 0.25) is 0 Å². The topological polar surface area (TPSA) is 102 Å². The van der Waals surface area contributed by atoms with Crippen molar-refractivity contribution in [2.45, 2.75) is 58.0 Å². The Morgan fingerprint density at radius 1 is 1.21 bits per heavy atom. The molecule has 0 aromatic carbocycles. The van der Waals surface area contributed by atoms with Crippen LogP contribution in [0.1, 0.15) is 39.5 Å². The number of Topliss-reactive ketones (excluding diaryl/α,β-unsaturated/α-hetero) is 1. The van der Waals surface area contributed by atoms with Gasteiger partial charge in [0.1, 0.15) is 11.5 Å². The minimum atomic E-state index is -1.16. The molecule has 5 aliphatic rings. The molecule has 9 atom stereocenters. The van der Waals surface area contributed by atoms with E-state index in [9.17, 15) is 19.8 Å². The summed E-state index contributed by atoms with van der Waals surface area (Å²) in [7, 11) is 1.58. The maximum atomic E-state index is 13.6. The number of aliphatic hydroxyl groups is 2. The average Bonchev–Trinajstić information content (AvgIpc) is 3.10. The van der Waals surface area contributed by atoms with Gasteiger partial charge in [0.05, 0.1) is 19.3 Å². The van der Waals surface area contributed by atoms with Crippen LogP contribution in [0.4, 0.5) is 0 Å². The van der Waals surface area contributed by atoms with Crippen molar-refractivity contribution in [1.82, 2.24) is 0 Å². The Morgan fingerprint density at radius 3 is 2.68 bits per heavy atom. The van der Waals surface area contributed by atoms with E-state index in [0.29, 0.717) is 19.4 Å². The summed E-state index contributed by atoms with van der Waals surface area (Å²) in [5.41, 5.74) is -2.41. The molecule has 28 heavy (non-hydrogen) atoms. The van der Waals surface area contributed by atoms with Crippen molar-refractivity contribution in [3.63, 3.8) is 0 Å². The number of carbonyl (C=O) groups is 2. The maximum absolute atomic E-state index is 13.6. The highest BCUT2D eigenvalue weighted by Gasteiger charge is 2.78. The molecular formula is C21H30O7. The molecule has 2 bridgehead atoms. The van der Waals surface area contributed by atoms with Gasteiger partial charge in [-0.1, -0.05) is 13.8 Å². The van der Waals surface area contributed by atoms with E-state index < -0.39 is 46.6 Å². The first-order valence-electron chi connectivity index (χ1n) is 10.4. The Hall–Kier alpha value is -1.02. The van der Waals surface area contributed by atoms with E-state index >= 15 is 0 Å². The molecule has 7 nitrogen and oxygen atoms in total. The van der Waals surface area contributed by atoms with Crippen molar-refractivity contribution in [2.75, 3.05) is 20.3 Å². The lowest BCUT2D eigenvalue weighted by Crippen LogP contribution is -2.70. The molecule has 0 amide bonds. The second-order valence-corrected chi connectivity index (χ2v) is 10.3. The number of ether oxygens (including phenoxy) is 3. The van der Waals surface area contributed by atoms with Gasteiger partial charge in [0.25, 0.3) is 0 Å². The predicted molar refractivity (Wildman–Crippen MR) is 95.8 cm³/mol. The quantitative estimate of drug-likeness (QED) is 0.530. The van der Waals surface area contributed by atoms with Crippen LogP contribution in [0.25, 0.3) is 0 Å². The smallest absolute Gasteiger partial charge is 0.320 e. The minimum absolute atomic E-state index is 0.0521. The van der Waals surface area contributed by atoms with Crippen LogP contribution in [-0.4, -0.2) is 60.8 Å². The van der Waals surface area contributed by atoms with Crippen molar-refractivity contribution in [3.05, 3.63) is 0 Å². The number of hydrogen-bond donors (Lipinski definition) is 2. The standard InChI is InChI=1S/C21H30O7/c1-19(2)13(22)6-14-21(9-27-17(24)15(19)21)12-5-4-10-7-20(12,18(25)28-14)16(23)11(10)8-26-3/h10-15,17,22,24H,4-9H2,1-3H3/t10-,11-,12-,13+,14+,15-,17-,20+,21-/m1/s1. The summed E-state index contributed by atoms with van der Waals surface area (Å²) in [5.74, 6) is -1.25. The van der Waals surface area contributed by atoms with Crippen LogP contribution in [0, 0.1) is 39.9 Å². The summed E-state index contributed by atoms with van der Waals surface area (Å²) >= 11 is 0. The summed E-state index contributed by atoms with van der Waals surface area (Å²) in [6.45, 7) is 4.47. The number of fused-ring (bicyclic) bond motifs is 1. The zero-order valence-electron chi connectivity index (χ0n) is 16.7. The average molecular weight is 394 g/mol. The van der Waals surface area contributed by atoms with Crippen molar-refractivity contribution in [3.8, 4) is 0 Å². The molecule has 0 radical (unpaired) electrons. The van der Waals surface area contributed by atoms with Gasteiger partial charge in [0.2, 0.25) is 0 Å². The van der Waals surface area contributed by atoms with Gasteiger partial charge in [-0.3, -0.25) is 9.59 Å². The Kier molecular flexibility index (Phi) is 3.91. The van der Waals surface area contributed by atoms with E-state index in [0.717, 1.165) is 12.8 Å². The summed E-state index contributed by atoms with van der Waals surface area (Å²) in [6.07, 6.45) is 0.129. The van der Waals surface area contributed by atoms with Crippen LogP contribution >= 0.6 is 0 Å². The summed E-state index contributed by atoms with van der Waals surface area (Å²) in [4.78, 5) is 26.9. The van der Waals surface area contributed by atoms with Crippen LogP contribution in [0.3, 0.4) is 0 Å². The molecule has 2 N–H and O–H groups in total. The number of rotatable bonds is 2. The van der Waals surface area contributed by atoms with E-state index in [-0.39, 0.29) is 30.1 Å². The van der Waals surface area contributed by atoms with Gasteiger partial charge in [-0.25, -0.2) is 0 Å². The molecule has 2 spiro atoms. The van der Waals surface area contributed by atoms with Gasteiger partial charge in [0, 0.05) is 30.8 Å². The fourth-order valence-electron chi connectivity index (χ4n) is 7.79. The third-order valence-electron chi connectivity index (χ3n) is 9.02. The zero-order chi connectivity index (χ0) is 20.1. The summed E-state index contributed by atoms with van der Waals surface area (Å²) < 4.78 is 17.0. The first kappa shape index (κ1) is 19.0. The number of ketones is 1. The monoisotopic (exact) mass is 394 g/mol. The van der Waals surface area contributed by atoms with Crippen LogP contribution in [-0.2, 0) is 23.8 Å². The SMILES string of the molecule is COC[C@H]1C(=O)[C@]23C[C@H]1CC[C@H]2[C@@]12CO[C@@H](O)[C@@H]1C(C)(C)[C@@H](O)C[C@@H]2OC3=O. The zero-order valence-corrected chi connectivity index (χ0v) is 16.7. The molecule has 2 aliphatic heterocycles. The van der Waals surface area contributed by atoms with Gasteiger partial charge in [0.15, 0.2) is 12.1 Å². The molecule has 0 aromatic rings. The Morgan fingerprint density at radius 2 is 1.96 bits per heavy atom. The first-order valence-corrected chi connectivity index (χ1v) is 10.4. The van der Waals surface area contributed by atoms with Crippen LogP contribution in [0.15, 0.2) is 0 Å². The lowest BCUT2D eigenvalue weighted by atomic mass is 9.43. The minimum Gasteiger partial charge on any atom is -0.461 e. The van der Waals surface area contributed by atoms with Gasteiger partial charge in [-0.15, -0.1) is 0 Å². The third kappa shape index (κ3) is 1.94. The first-order chi connectivity index (χ1) is 13.2. The highest BCUT2D eigenvalue weighted by atomic mass is 16.6. The molecule has 5 fully saturated rings. The number of carbonyl (C=O) groups excluding carboxylic acids is 2. The number of hydrogen-bond acceptors (Lipinski definition) is 7. The van der Waals surface area contributed by atoms with E-state index in [1.807, 2.05) is 13.8 Å². The molecular weight excluding hydrogens is 364 g/mol.